The Kier molecular flexibility index (Phi) is 10.8. The maximum atomic E-state index is 11.1. The van der Waals surface area contributed by atoms with Crippen molar-refractivity contribution in [2.45, 2.75) is 33.2 Å². The van der Waals surface area contributed by atoms with E-state index in [-0.39, 0.29) is 29.9 Å². The summed E-state index contributed by atoms with van der Waals surface area (Å²) >= 11 is 1.65. The quantitative estimate of drug-likeness (QED) is 0.216. The van der Waals surface area contributed by atoms with Crippen LogP contribution in [0.25, 0.3) is 0 Å². The number of ether oxygens (including phenoxy) is 1. The van der Waals surface area contributed by atoms with Crippen LogP contribution in [-0.2, 0) is 11.3 Å². The molecule has 28 heavy (non-hydrogen) atoms. The van der Waals surface area contributed by atoms with Crippen LogP contribution >= 0.6 is 35.3 Å². The summed E-state index contributed by atoms with van der Waals surface area (Å²) in [4.78, 5) is 19.9. The number of rotatable bonds is 8. The number of thiazole rings is 1. The van der Waals surface area contributed by atoms with Gasteiger partial charge in [0.15, 0.2) is 5.96 Å². The van der Waals surface area contributed by atoms with Crippen molar-refractivity contribution in [3.8, 4) is 5.75 Å². The highest BCUT2D eigenvalue weighted by Gasteiger charge is 2.06. The molecule has 1 aromatic heterocycles. The molecular weight excluding hydrogens is 489 g/mol. The number of halogens is 1. The first-order valence-electron chi connectivity index (χ1n) is 8.87. The average Bonchev–Trinajstić information content (AvgIpc) is 3.10. The van der Waals surface area contributed by atoms with Crippen molar-refractivity contribution >= 4 is 52.9 Å². The number of nitrogens with one attached hydrogen (secondary N) is 3. The van der Waals surface area contributed by atoms with Crippen LogP contribution in [0.4, 0.5) is 5.69 Å². The molecule has 2 rings (SSSR count). The number of hydrogen-bond acceptors (Lipinski definition) is 5. The highest BCUT2D eigenvalue weighted by Crippen LogP contribution is 2.18. The molecule has 7 nitrogen and oxygen atoms in total. The maximum Gasteiger partial charge on any atom is 0.221 e. The summed E-state index contributed by atoms with van der Waals surface area (Å²) in [6.07, 6.45) is 0. The number of nitrogens with zero attached hydrogens (tertiary/aromatic N) is 2. The predicted octanol–water partition coefficient (Wildman–Crippen LogP) is 3.59. The zero-order chi connectivity index (χ0) is 19.6. The molecule has 1 aromatic carbocycles. The van der Waals surface area contributed by atoms with Crippen molar-refractivity contribution in [3.63, 3.8) is 0 Å². The van der Waals surface area contributed by atoms with Gasteiger partial charge in [-0.15, -0.1) is 35.3 Å². The van der Waals surface area contributed by atoms with E-state index in [0.29, 0.717) is 37.3 Å². The fourth-order valence-corrected chi connectivity index (χ4v) is 3.15. The second-order valence-corrected chi connectivity index (χ2v) is 7.17. The molecule has 0 fully saturated rings. The number of carbonyl (C=O) groups is 1. The van der Waals surface area contributed by atoms with Crippen LogP contribution in [0.2, 0.25) is 0 Å². The van der Waals surface area contributed by atoms with Gasteiger partial charge in [-0.05, 0) is 18.1 Å². The Balaban J connectivity index is 0.00000392. The van der Waals surface area contributed by atoms with Gasteiger partial charge in [-0.3, -0.25) is 9.79 Å². The second-order valence-electron chi connectivity index (χ2n) is 6.23. The van der Waals surface area contributed by atoms with Crippen molar-refractivity contribution in [2.24, 2.45) is 4.99 Å². The van der Waals surface area contributed by atoms with Crippen LogP contribution in [0.3, 0.4) is 0 Å². The van der Waals surface area contributed by atoms with E-state index in [0.717, 1.165) is 16.4 Å². The average molecular weight is 517 g/mol. The lowest BCUT2D eigenvalue weighted by Crippen LogP contribution is -2.38. The standard InChI is InChI=1S/C19H27N5O2S.HI/c1-13(2)17-12-27-18(24-17)11-22-19(20-4)21-8-9-26-16-7-5-6-15(10-16)23-14(3)25;/h5-7,10,12-13H,8-9,11H2,1-4H3,(H,23,25)(H2,20,21,22);1H. The van der Waals surface area contributed by atoms with E-state index in [1.165, 1.54) is 6.92 Å². The smallest absolute Gasteiger partial charge is 0.221 e. The van der Waals surface area contributed by atoms with Gasteiger partial charge in [0.1, 0.15) is 17.4 Å². The Labute approximate surface area is 187 Å². The number of carbonyl (C=O) groups excluding carboxylic acids is 1. The first-order valence-corrected chi connectivity index (χ1v) is 9.75. The highest BCUT2D eigenvalue weighted by molar-refractivity contribution is 14.0. The third-order valence-electron chi connectivity index (χ3n) is 3.61. The van der Waals surface area contributed by atoms with Crippen LogP contribution < -0.4 is 20.7 Å². The van der Waals surface area contributed by atoms with Gasteiger partial charge in [-0.1, -0.05) is 19.9 Å². The van der Waals surface area contributed by atoms with Crippen LogP contribution in [0.15, 0.2) is 34.6 Å². The third kappa shape index (κ3) is 8.42. The fourth-order valence-electron chi connectivity index (χ4n) is 2.26. The second kappa shape index (κ2) is 12.6. The van der Waals surface area contributed by atoms with E-state index in [9.17, 15) is 4.79 Å². The van der Waals surface area contributed by atoms with Crippen LogP contribution in [0.5, 0.6) is 5.75 Å². The molecule has 0 aliphatic heterocycles. The van der Waals surface area contributed by atoms with Crippen molar-refractivity contribution in [1.82, 2.24) is 15.6 Å². The SMILES string of the molecule is CN=C(NCCOc1cccc(NC(C)=O)c1)NCc1nc(C(C)C)cs1.I. The molecule has 0 aliphatic carbocycles. The molecule has 9 heteroatoms. The number of aromatic nitrogens is 1. The normalized spacial score (nSPS) is 11.0. The first kappa shape index (κ1) is 24.2. The third-order valence-corrected chi connectivity index (χ3v) is 4.48. The molecule has 1 amide bonds. The maximum absolute atomic E-state index is 11.1. The lowest BCUT2D eigenvalue weighted by Gasteiger charge is -2.12. The van der Waals surface area contributed by atoms with Gasteiger partial charge in [0, 0.05) is 31.1 Å². The molecule has 0 radical (unpaired) electrons. The number of hydrogen-bond donors (Lipinski definition) is 3. The summed E-state index contributed by atoms with van der Waals surface area (Å²) in [5.74, 6) is 1.74. The summed E-state index contributed by atoms with van der Waals surface area (Å²) in [5, 5.41) is 12.3. The van der Waals surface area contributed by atoms with Crippen LogP contribution in [-0.4, -0.2) is 37.1 Å². The fraction of sp³-hybridized carbons (Fsp3) is 0.421. The molecule has 154 valence electrons. The number of aliphatic imine (C=N–C) groups is 1. The van der Waals surface area contributed by atoms with E-state index >= 15 is 0 Å². The Hall–Kier alpha value is -1.88. The van der Waals surface area contributed by atoms with Crippen molar-refractivity contribution in [2.75, 3.05) is 25.5 Å². The minimum absolute atomic E-state index is 0. The molecule has 0 aliphatic rings. The molecule has 1 heterocycles. The largest absolute Gasteiger partial charge is 0.492 e. The minimum atomic E-state index is -0.107. The molecule has 0 spiro atoms. The lowest BCUT2D eigenvalue weighted by molar-refractivity contribution is -0.114. The molecule has 0 unspecified atom stereocenters. The van der Waals surface area contributed by atoms with Gasteiger partial charge in [-0.25, -0.2) is 4.98 Å². The van der Waals surface area contributed by atoms with Gasteiger partial charge in [0.2, 0.25) is 5.91 Å². The van der Waals surface area contributed by atoms with E-state index in [1.807, 2.05) is 18.2 Å². The zero-order valence-corrected chi connectivity index (χ0v) is 19.8. The molecule has 0 atom stereocenters. The Morgan fingerprint density at radius 3 is 2.75 bits per heavy atom. The molecular formula is C19H28IN5O2S. The van der Waals surface area contributed by atoms with E-state index < -0.39 is 0 Å². The van der Waals surface area contributed by atoms with Gasteiger partial charge in [0.25, 0.3) is 0 Å². The molecule has 0 bridgehead atoms. The lowest BCUT2D eigenvalue weighted by atomic mass is 10.2. The Morgan fingerprint density at radius 2 is 2.11 bits per heavy atom. The molecule has 0 saturated heterocycles. The number of guanidine groups is 1. The van der Waals surface area contributed by atoms with Gasteiger partial charge >= 0.3 is 0 Å². The summed E-state index contributed by atoms with van der Waals surface area (Å²) < 4.78 is 5.71. The topological polar surface area (TPSA) is 87.6 Å². The van der Waals surface area contributed by atoms with Crippen molar-refractivity contribution < 1.29 is 9.53 Å². The Morgan fingerprint density at radius 1 is 1.32 bits per heavy atom. The van der Waals surface area contributed by atoms with Crippen LogP contribution in [0.1, 0.15) is 37.4 Å². The van der Waals surface area contributed by atoms with Crippen molar-refractivity contribution in [3.05, 3.63) is 40.3 Å². The molecule has 3 N–H and O–H groups in total. The van der Waals surface area contributed by atoms with E-state index in [1.54, 1.807) is 24.5 Å². The molecule has 0 saturated carbocycles. The Bertz CT molecular complexity index is 779. The summed E-state index contributed by atoms with van der Waals surface area (Å²) in [7, 11) is 1.73. The number of amides is 1. The van der Waals surface area contributed by atoms with Gasteiger partial charge in [0.05, 0.1) is 18.8 Å². The minimum Gasteiger partial charge on any atom is -0.492 e. The highest BCUT2D eigenvalue weighted by atomic mass is 127. The first-order chi connectivity index (χ1) is 13.0. The van der Waals surface area contributed by atoms with E-state index in [2.05, 4.69) is 45.2 Å². The van der Waals surface area contributed by atoms with Gasteiger partial charge in [-0.2, -0.15) is 0 Å². The summed E-state index contributed by atoms with van der Waals surface area (Å²) in [6.45, 7) is 7.46. The number of anilines is 1. The van der Waals surface area contributed by atoms with E-state index in [4.69, 9.17) is 4.74 Å². The number of benzene rings is 1. The predicted molar refractivity (Wildman–Crippen MR) is 126 cm³/mol. The molecule has 2 aromatic rings. The van der Waals surface area contributed by atoms with Crippen LogP contribution in [0, 0.1) is 0 Å². The van der Waals surface area contributed by atoms with Gasteiger partial charge < -0.3 is 20.7 Å². The summed E-state index contributed by atoms with van der Waals surface area (Å²) in [6, 6.07) is 7.31. The monoisotopic (exact) mass is 517 g/mol. The zero-order valence-electron chi connectivity index (χ0n) is 16.6. The van der Waals surface area contributed by atoms with Crippen molar-refractivity contribution in [1.29, 1.82) is 0 Å². The summed E-state index contributed by atoms with van der Waals surface area (Å²) in [5.41, 5.74) is 1.84.